The molecule has 0 aliphatic carbocycles. The maximum absolute atomic E-state index is 8.81. The van der Waals surface area contributed by atoms with Gasteiger partial charge in [-0.2, -0.15) is 0 Å². The van der Waals surface area contributed by atoms with E-state index in [1.54, 1.807) is 0 Å². The first-order valence-electron chi connectivity index (χ1n) is 6.47. The van der Waals surface area contributed by atoms with Crippen molar-refractivity contribution in [3.8, 4) is 5.75 Å². The number of aliphatic hydroxyl groups excluding tert-OH is 1. The highest BCUT2D eigenvalue weighted by Gasteiger charge is 2.09. The lowest BCUT2D eigenvalue weighted by molar-refractivity contribution is 0.244. The third kappa shape index (κ3) is 4.45. The van der Waals surface area contributed by atoms with Crippen molar-refractivity contribution < 1.29 is 9.84 Å². The van der Waals surface area contributed by atoms with Gasteiger partial charge < -0.3 is 20.9 Å². The SMILES string of the molecule is CC(CCCO)Nc1cccc(OC(C)C)c1N. The van der Waals surface area contributed by atoms with E-state index in [2.05, 4.69) is 12.2 Å². The molecule has 1 rings (SSSR count). The third-order valence-electron chi connectivity index (χ3n) is 2.63. The van der Waals surface area contributed by atoms with E-state index in [9.17, 15) is 0 Å². The van der Waals surface area contributed by atoms with E-state index in [-0.39, 0.29) is 18.8 Å². The minimum Gasteiger partial charge on any atom is -0.489 e. The summed E-state index contributed by atoms with van der Waals surface area (Å²) >= 11 is 0. The maximum Gasteiger partial charge on any atom is 0.144 e. The van der Waals surface area contributed by atoms with Crippen molar-refractivity contribution in [1.82, 2.24) is 0 Å². The number of aliphatic hydroxyl groups is 1. The molecule has 4 nitrogen and oxygen atoms in total. The van der Waals surface area contributed by atoms with Crippen LogP contribution in [0, 0.1) is 0 Å². The first-order valence-corrected chi connectivity index (χ1v) is 6.47. The second-order valence-electron chi connectivity index (χ2n) is 4.80. The predicted molar refractivity (Wildman–Crippen MR) is 76.0 cm³/mol. The quantitative estimate of drug-likeness (QED) is 0.653. The van der Waals surface area contributed by atoms with Gasteiger partial charge in [0.1, 0.15) is 5.75 Å². The lowest BCUT2D eigenvalue weighted by Crippen LogP contribution is -2.17. The van der Waals surface area contributed by atoms with Crippen LogP contribution in [-0.4, -0.2) is 23.9 Å². The number of nitrogens with one attached hydrogen (secondary N) is 1. The van der Waals surface area contributed by atoms with E-state index < -0.39 is 0 Å². The van der Waals surface area contributed by atoms with Crippen LogP contribution in [0.25, 0.3) is 0 Å². The van der Waals surface area contributed by atoms with Crippen LogP contribution in [0.1, 0.15) is 33.6 Å². The molecular formula is C14H24N2O2. The Kier molecular flexibility index (Phi) is 5.78. The molecule has 0 saturated heterocycles. The molecule has 1 unspecified atom stereocenters. The van der Waals surface area contributed by atoms with Crippen molar-refractivity contribution in [3.63, 3.8) is 0 Å². The lowest BCUT2D eigenvalue weighted by atomic mass is 10.1. The first kappa shape index (κ1) is 14.6. The molecule has 0 fully saturated rings. The fourth-order valence-electron chi connectivity index (χ4n) is 1.76. The Hall–Kier alpha value is -1.42. The molecule has 1 aromatic rings. The zero-order chi connectivity index (χ0) is 13.5. The van der Waals surface area contributed by atoms with Gasteiger partial charge in [-0.3, -0.25) is 0 Å². The summed E-state index contributed by atoms with van der Waals surface area (Å²) in [6.45, 7) is 6.25. The van der Waals surface area contributed by atoms with E-state index in [0.29, 0.717) is 11.4 Å². The van der Waals surface area contributed by atoms with Gasteiger partial charge in [0.2, 0.25) is 0 Å². The summed E-state index contributed by atoms with van der Waals surface area (Å²) in [5.74, 6) is 0.712. The van der Waals surface area contributed by atoms with Crippen molar-refractivity contribution in [3.05, 3.63) is 18.2 Å². The number of ether oxygens (including phenoxy) is 1. The topological polar surface area (TPSA) is 67.5 Å². The third-order valence-corrected chi connectivity index (χ3v) is 2.63. The zero-order valence-corrected chi connectivity index (χ0v) is 11.4. The molecule has 0 spiro atoms. The summed E-state index contributed by atoms with van der Waals surface area (Å²) in [5, 5.41) is 12.1. The van der Waals surface area contributed by atoms with Gasteiger partial charge in [-0.25, -0.2) is 0 Å². The van der Waals surface area contributed by atoms with Gasteiger partial charge in [0, 0.05) is 12.6 Å². The van der Waals surface area contributed by atoms with Crippen LogP contribution in [0.3, 0.4) is 0 Å². The molecule has 102 valence electrons. The maximum atomic E-state index is 8.81. The summed E-state index contributed by atoms with van der Waals surface area (Å²) in [7, 11) is 0. The zero-order valence-electron chi connectivity index (χ0n) is 11.4. The fraction of sp³-hybridized carbons (Fsp3) is 0.571. The Morgan fingerprint density at radius 3 is 2.67 bits per heavy atom. The van der Waals surface area contributed by atoms with Crippen molar-refractivity contribution in [2.24, 2.45) is 0 Å². The number of nitrogen functional groups attached to an aromatic ring is 1. The number of para-hydroxylation sites is 1. The van der Waals surface area contributed by atoms with E-state index in [0.717, 1.165) is 18.5 Å². The molecule has 1 atom stereocenters. The van der Waals surface area contributed by atoms with Crippen molar-refractivity contribution in [2.45, 2.75) is 45.8 Å². The van der Waals surface area contributed by atoms with Crippen LogP contribution in [0.5, 0.6) is 5.75 Å². The minimum absolute atomic E-state index is 0.106. The van der Waals surface area contributed by atoms with Crippen LogP contribution in [0.15, 0.2) is 18.2 Å². The highest BCUT2D eigenvalue weighted by atomic mass is 16.5. The first-order chi connectivity index (χ1) is 8.54. The summed E-state index contributed by atoms with van der Waals surface area (Å²) in [5.41, 5.74) is 7.60. The van der Waals surface area contributed by atoms with E-state index in [4.69, 9.17) is 15.6 Å². The Bertz CT molecular complexity index is 367. The average Bonchev–Trinajstić information content (AvgIpc) is 2.31. The van der Waals surface area contributed by atoms with E-state index in [1.165, 1.54) is 0 Å². The standard InChI is InChI=1S/C14H24N2O2/c1-10(2)18-13-8-4-7-12(14(13)15)16-11(3)6-5-9-17/h4,7-8,10-11,16-17H,5-6,9,15H2,1-3H3. The number of benzene rings is 1. The predicted octanol–water partition coefficient (Wildman–Crippen LogP) is 2.63. The van der Waals surface area contributed by atoms with Crippen molar-refractivity contribution in [2.75, 3.05) is 17.7 Å². The van der Waals surface area contributed by atoms with Crippen molar-refractivity contribution in [1.29, 1.82) is 0 Å². The second-order valence-corrected chi connectivity index (χ2v) is 4.80. The highest BCUT2D eigenvalue weighted by Crippen LogP contribution is 2.30. The summed E-state index contributed by atoms with van der Waals surface area (Å²) in [6.07, 6.45) is 1.80. The molecule has 18 heavy (non-hydrogen) atoms. The van der Waals surface area contributed by atoms with E-state index >= 15 is 0 Å². The van der Waals surface area contributed by atoms with Crippen molar-refractivity contribution >= 4 is 11.4 Å². The number of nitrogens with two attached hydrogens (primary N) is 1. The number of hydrogen-bond acceptors (Lipinski definition) is 4. The van der Waals surface area contributed by atoms with Crippen LogP contribution in [0.4, 0.5) is 11.4 Å². The van der Waals surface area contributed by atoms with Gasteiger partial charge in [0.05, 0.1) is 17.5 Å². The number of rotatable bonds is 7. The molecule has 0 saturated carbocycles. The Balaban J connectivity index is 2.71. The monoisotopic (exact) mass is 252 g/mol. The number of anilines is 2. The van der Waals surface area contributed by atoms with Gasteiger partial charge in [-0.1, -0.05) is 6.07 Å². The molecule has 4 N–H and O–H groups in total. The van der Waals surface area contributed by atoms with Crippen LogP contribution in [-0.2, 0) is 0 Å². The van der Waals surface area contributed by atoms with Gasteiger partial charge >= 0.3 is 0 Å². The van der Waals surface area contributed by atoms with Crippen LogP contribution < -0.4 is 15.8 Å². The van der Waals surface area contributed by atoms with Crippen LogP contribution in [0.2, 0.25) is 0 Å². The average molecular weight is 252 g/mol. The van der Waals surface area contributed by atoms with Gasteiger partial charge in [0.15, 0.2) is 0 Å². The molecule has 0 aliphatic rings. The smallest absolute Gasteiger partial charge is 0.144 e. The fourth-order valence-corrected chi connectivity index (χ4v) is 1.76. The van der Waals surface area contributed by atoms with E-state index in [1.807, 2.05) is 32.0 Å². The molecule has 0 bridgehead atoms. The Morgan fingerprint density at radius 2 is 2.06 bits per heavy atom. The van der Waals surface area contributed by atoms with Gasteiger partial charge in [-0.15, -0.1) is 0 Å². The molecular weight excluding hydrogens is 228 g/mol. The molecule has 1 aromatic carbocycles. The highest BCUT2D eigenvalue weighted by molar-refractivity contribution is 5.73. The molecule has 0 aromatic heterocycles. The molecule has 0 amide bonds. The molecule has 0 radical (unpaired) electrons. The normalized spacial score (nSPS) is 12.5. The molecule has 0 heterocycles. The Morgan fingerprint density at radius 1 is 1.33 bits per heavy atom. The molecule has 4 heteroatoms. The summed E-state index contributed by atoms with van der Waals surface area (Å²) < 4.78 is 5.64. The second kappa shape index (κ2) is 7.11. The lowest BCUT2D eigenvalue weighted by Gasteiger charge is -2.19. The van der Waals surface area contributed by atoms with Crippen LogP contribution >= 0.6 is 0 Å². The summed E-state index contributed by atoms with van der Waals surface area (Å²) in [4.78, 5) is 0. The van der Waals surface area contributed by atoms with Gasteiger partial charge in [0.25, 0.3) is 0 Å². The summed E-state index contributed by atoms with van der Waals surface area (Å²) in [6, 6.07) is 6.01. The minimum atomic E-state index is 0.106. The largest absolute Gasteiger partial charge is 0.489 e. The Labute approximate surface area is 109 Å². The molecule has 0 aliphatic heterocycles. The number of hydrogen-bond donors (Lipinski definition) is 3. The van der Waals surface area contributed by atoms with Gasteiger partial charge in [-0.05, 0) is 45.7 Å².